The molecule has 3 N–H and O–H groups in total. The maximum atomic E-state index is 13.2. The van der Waals surface area contributed by atoms with Crippen molar-refractivity contribution in [3.63, 3.8) is 0 Å². The van der Waals surface area contributed by atoms with Gasteiger partial charge in [-0.2, -0.15) is 0 Å². The van der Waals surface area contributed by atoms with Crippen LogP contribution in [0.2, 0.25) is 0 Å². The molecule has 230 valence electrons. The highest BCUT2D eigenvalue weighted by Crippen LogP contribution is 2.35. The van der Waals surface area contributed by atoms with Gasteiger partial charge < -0.3 is 19.7 Å². The zero-order chi connectivity index (χ0) is 29.8. The molecule has 2 aliphatic heterocycles. The lowest BCUT2D eigenvalue weighted by molar-refractivity contribution is -0.125. The predicted molar refractivity (Wildman–Crippen MR) is 161 cm³/mol. The van der Waals surface area contributed by atoms with E-state index in [4.69, 9.17) is 9.47 Å². The van der Waals surface area contributed by atoms with Gasteiger partial charge in [0.2, 0.25) is 0 Å². The number of methoxy groups -OCH3 is 2. The quantitative estimate of drug-likeness (QED) is 0.183. The van der Waals surface area contributed by atoms with Gasteiger partial charge in [0.1, 0.15) is 17.0 Å². The van der Waals surface area contributed by atoms with E-state index in [1.807, 2.05) is 13.8 Å². The molecule has 0 atom stereocenters. The summed E-state index contributed by atoms with van der Waals surface area (Å²) in [5.41, 5.74) is 0.641. The Labute approximate surface area is 253 Å². The van der Waals surface area contributed by atoms with Crippen molar-refractivity contribution in [2.24, 2.45) is 0 Å². The van der Waals surface area contributed by atoms with Crippen LogP contribution >= 0.6 is 12.4 Å². The molecule has 2 aliphatic rings. The fourth-order valence-electron chi connectivity index (χ4n) is 5.23. The molecule has 2 aromatic carbocycles. The van der Waals surface area contributed by atoms with Crippen LogP contribution in [0, 0.1) is 0 Å². The van der Waals surface area contributed by atoms with Crippen molar-refractivity contribution in [3.05, 3.63) is 47.5 Å². The highest BCUT2D eigenvalue weighted by Gasteiger charge is 2.47. The third-order valence-electron chi connectivity index (χ3n) is 7.78. The van der Waals surface area contributed by atoms with E-state index in [9.17, 15) is 22.8 Å². The zero-order valence-electron chi connectivity index (χ0n) is 24.3. The third kappa shape index (κ3) is 7.34. The van der Waals surface area contributed by atoms with Crippen LogP contribution in [0.4, 0.5) is 10.5 Å². The molecule has 0 aromatic heterocycles. The Hall–Kier alpha value is -3.35. The van der Waals surface area contributed by atoms with E-state index in [0.717, 1.165) is 18.5 Å². The van der Waals surface area contributed by atoms with Gasteiger partial charge in [-0.05, 0) is 61.9 Å². The first-order valence-electron chi connectivity index (χ1n) is 13.8. The number of unbranched alkanes of at least 4 members (excludes halogenated alkanes) is 1. The number of hydrogen-bond acceptors (Lipinski definition) is 8. The number of carbonyl (C=O) groups excluding carboxylic acids is 3. The summed E-state index contributed by atoms with van der Waals surface area (Å²) >= 11 is 0. The van der Waals surface area contributed by atoms with Crippen molar-refractivity contribution >= 4 is 45.8 Å². The second-order valence-electron chi connectivity index (χ2n) is 10.8. The molecule has 2 fully saturated rings. The van der Waals surface area contributed by atoms with E-state index >= 15 is 0 Å². The smallest absolute Gasteiger partial charge is 0.322 e. The molecule has 2 aromatic rings. The summed E-state index contributed by atoms with van der Waals surface area (Å²) in [5, 5.41) is 5.08. The highest BCUT2D eigenvalue weighted by atomic mass is 35.5. The number of rotatable bonds is 12. The molecule has 4 rings (SSSR count). The number of ether oxygens (including phenoxy) is 2. The molecule has 3 amide bonds. The van der Waals surface area contributed by atoms with Crippen LogP contribution < -0.4 is 24.8 Å². The number of nitrogens with zero attached hydrogens (tertiary/aromatic N) is 1. The van der Waals surface area contributed by atoms with Gasteiger partial charge >= 0.3 is 6.03 Å². The molecule has 0 saturated carbocycles. The van der Waals surface area contributed by atoms with Crippen molar-refractivity contribution in [3.8, 4) is 11.5 Å². The molecule has 1 spiro atoms. The van der Waals surface area contributed by atoms with Crippen molar-refractivity contribution < 1.29 is 32.3 Å². The number of piperidine rings is 1. The first kappa shape index (κ1) is 33.2. The number of benzene rings is 2. The standard InChI is InChI=1S/C29H38N4O7S.ClH/c1-19(2)20-8-10-21(11-9-20)41(37,38)32-23-17-22(25(39-3)18-26(23)40-4)24(34)7-5-6-14-33-15-12-29(13-16-33)27(35)30-28(36)31-29;/h8-11,17-19,32H,5-7,12-16H2,1-4H3,(H2,30,31,35,36);1H. The molecular formula is C29H39ClN4O7S. The summed E-state index contributed by atoms with van der Waals surface area (Å²) in [6, 6.07) is 9.21. The lowest BCUT2D eigenvalue weighted by Gasteiger charge is -2.36. The molecule has 0 aliphatic carbocycles. The van der Waals surface area contributed by atoms with E-state index in [2.05, 4.69) is 20.3 Å². The van der Waals surface area contributed by atoms with Crippen LogP contribution in [0.1, 0.15) is 67.8 Å². The Kier molecular flexibility index (Phi) is 10.9. The molecule has 0 bridgehead atoms. The lowest BCUT2D eigenvalue weighted by atomic mass is 9.87. The van der Waals surface area contributed by atoms with Crippen LogP contribution in [-0.2, 0) is 14.8 Å². The topological polar surface area (TPSA) is 143 Å². The number of carbonyl (C=O) groups is 3. The number of nitrogens with one attached hydrogen (secondary N) is 3. The van der Waals surface area contributed by atoms with E-state index in [-0.39, 0.29) is 58.3 Å². The number of imide groups is 1. The molecule has 42 heavy (non-hydrogen) atoms. The van der Waals surface area contributed by atoms with E-state index in [0.29, 0.717) is 38.1 Å². The summed E-state index contributed by atoms with van der Waals surface area (Å²) in [7, 11) is -1.07. The average molecular weight is 623 g/mol. The largest absolute Gasteiger partial charge is 0.496 e. The number of ketones is 1. The number of amides is 3. The minimum atomic E-state index is -3.93. The minimum absolute atomic E-state index is 0. The minimum Gasteiger partial charge on any atom is -0.496 e. The molecule has 11 nitrogen and oxygen atoms in total. The first-order chi connectivity index (χ1) is 19.5. The summed E-state index contributed by atoms with van der Waals surface area (Å²) in [5.74, 6) is 0.373. The fourth-order valence-corrected chi connectivity index (χ4v) is 6.29. The maximum Gasteiger partial charge on any atom is 0.322 e. The van der Waals surface area contributed by atoms with Crippen LogP contribution in [0.25, 0.3) is 0 Å². The van der Waals surface area contributed by atoms with Crippen molar-refractivity contribution in [1.82, 2.24) is 15.5 Å². The monoisotopic (exact) mass is 622 g/mol. The highest BCUT2D eigenvalue weighted by molar-refractivity contribution is 7.92. The molecule has 13 heteroatoms. The summed E-state index contributed by atoms with van der Waals surface area (Å²) in [4.78, 5) is 39.2. The number of halogens is 1. The summed E-state index contributed by atoms with van der Waals surface area (Å²) < 4.78 is 39.7. The lowest BCUT2D eigenvalue weighted by Crippen LogP contribution is -2.54. The molecular weight excluding hydrogens is 584 g/mol. The Morgan fingerprint density at radius 2 is 1.67 bits per heavy atom. The molecule has 0 unspecified atom stereocenters. The third-order valence-corrected chi connectivity index (χ3v) is 9.16. The van der Waals surface area contributed by atoms with Gasteiger partial charge in [-0.3, -0.25) is 19.6 Å². The number of hydrogen-bond donors (Lipinski definition) is 3. The Balaban J connectivity index is 0.00000484. The fraction of sp³-hybridized carbons (Fsp3) is 0.483. The molecule has 2 heterocycles. The van der Waals surface area contributed by atoms with Crippen LogP contribution in [0.3, 0.4) is 0 Å². The summed E-state index contributed by atoms with van der Waals surface area (Å²) in [6.07, 6.45) is 2.74. The van der Waals surface area contributed by atoms with Crippen LogP contribution in [0.5, 0.6) is 11.5 Å². The number of likely N-dealkylation sites (tertiary alicyclic amines) is 1. The Morgan fingerprint density at radius 1 is 1.02 bits per heavy atom. The summed E-state index contributed by atoms with van der Waals surface area (Å²) in [6.45, 7) is 6.18. The molecule has 0 radical (unpaired) electrons. The van der Waals surface area contributed by atoms with Crippen LogP contribution in [-0.4, -0.2) is 70.4 Å². The Morgan fingerprint density at radius 3 is 2.21 bits per heavy atom. The molecule has 2 saturated heterocycles. The number of urea groups is 1. The predicted octanol–water partition coefficient (Wildman–Crippen LogP) is 4.08. The van der Waals surface area contributed by atoms with Gasteiger partial charge in [0.15, 0.2) is 5.78 Å². The first-order valence-corrected chi connectivity index (χ1v) is 15.2. The van der Waals surface area contributed by atoms with Gasteiger partial charge in [-0.25, -0.2) is 13.2 Å². The van der Waals surface area contributed by atoms with E-state index in [1.165, 1.54) is 26.4 Å². The Bertz CT molecular complexity index is 1410. The zero-order valence-corrected chi connectivity index (χ0v) is 26.0. The van der Waals surface area contributed by atoms with Gasteiger partial charge in [-0.1, -0.05) is 26.0 Å². The number of anilines is 1. The van der Waals surface area contributed by atoms with Crippen LogP contribution in [0.15, 0.2) is 41.3 Å². The van der Waals surface area contributed by atoms with Gasteiger partial charge in [0.25, 0.3) is 15.9 Å². The van der Waals surface area contributed by atoms with E-state index < -0.39 is 21.6 Å². The van der Waals surface area contributed by atoms with E-state index in [1.54, 1.807) is 24.3 Å². The normalized spacial score (nSPS) is 16.5. The number of Topliss-reactive ketones (excluding diaryl/α,β-unsaturated/α-hetero) is 1. The van der Waals surface area contributed by atoms with Crippen molar-refractivity contribution in [2.45, 2.75) is 62.3 Å². The second kappa shape index (κ2) is 13.7. The van der Waals surface area contributed by atoms with Gasteiger partial charge in [0.05, 0.1) is 30.4 Å². The maximum absolute atomic E-state index is 13.2. The van der Waals surface area contributed by atoms with Crippen molar-refractivity contribution in [2.75, 3.05) is 38.6 Å². The average Bonchev–Trinajstić information content (AvgIpc) is 3.23. The van der Waals surface area contributed by atoms with Crippen molar-refractivity contribution in [1.29, 1.82) is 0 Å². The second-order valence-corrected chi connectivity index (χ2v) is 12.5. The van der Waals surface area contributed by atoms with Gasteiger partial charge in [-0.15, -0.1) is 12.4 Å². The number of sulfonamides is 1. The SMILES string of the molecule is COc1cc(OC)c(C(=O)CCCCN2CCC3(CC2)NC(=O)NC3=O)cc1NS(=O)(=O)c1ccc(C(C)C)cc1.Cl. The van der Waals surface area contributed by atoms with Gasteiger partial charge in [0, 0.05) is 25.6 Å².